The van der Waals surface area contributed by atoms with Crippen LogP contribution in [0.3, 0.4) is 0 Å². The van der Waals surface area contributed by atoms with Gasteiger partial charge in [-0.2, -0.15) is 0 Å². The molecule has 0 bridgehead atoms. The summed E-state index contributed by atoms with van der Waals surface area (Å²) in [4.78, 5) is 37.6. The molecule has 10 nitrogen and oxygen atoms in total. The van der Waals surface area contributed by atoms with Crippen LogP contribution in [-0.4, -0.2) is 74.5 Å². The van der Waals surface area contributed by atoms with Crippen LogP contribution in [0.1, 0.15) is 24.2 Å². The lowest BCUT2D eigenvalue weighted by Crippen LogP contribution is -2.50. The van der Waals surface area contributed by atoms with Gasteiger partial charge in [0.15, 0.2) is 0 Å². The Bertz CT molecular complexity index is 1520. The number of pyridine rings is 1. The van der Waals surface area contributed by atoms with Gasteiger partial charge in [0, 0.05) is 50.0 Å². The number of ether oxygens (including phenoxy) is 1. The maximum atomic E-state index is 13.3. The van der Waals surface area contributed by atoms with E-state index >= 15 is 0 Å². The summed E-state index contributed by atoms with van der Waals surface area (Å²) in [6, 6.07) is 13.0. The molecule has 38 heavy (non-hydrogen) atoms. The third-order valence-corrected chi connectivity index (χ3v) is 7.60. The summed E-state index contributed by atoms with van der Waals surface area (Å²) in [7, 11) is -2.54. The molecular formula is C27H29N5O5S. The summed E-state index contributed by atoms with van der Waals surface area (Å²) >= 11 is 0. The van der Waals surface area contributed by atoms with E-state index in [1.54, 1.807) is 66.4 Å². The predicted molar refractivity (Wildman–Crippen MR) is 146 cm³/mol. The Hall–Kier alpha value is -4.25. The average Bonchev–Trinajstić information content (AvgIpc) is 2.94. The van der Waals surface area contributed by atoms with Crippen molar-refractivity contribution in [2.75, 3.05) is 38.0 Å². The van der Waals surface area contributed by atoms with E-state index in [1.807, 2.05) is 0 Å². The minimum absolute atomic E-state index is 0.0489. The number of nitrogens with one attached hydrogen (secondary N) is 1. The Morgan fingerprint density at radius 2 is 1.74 bits per heavy atom. The van der Waals surface area contributed by atoms with Gasteiger partial charge in [0.1, 0.15) is 16.3 Å². The fourth-order valence-corrected chi connectivity index (χ4v) is 5.50. The van der Waals surface area contributed by atoms with Crippen molar-refractivity contribution in [3.8, 4) is 5.75 Å². The van der Waals surface area contributed by atoms with Crippen molar-refractivity contribution in [3.63, 3.8) is 0 Å². The van der Waals surface area contributed by atoms with Crippen molar-refractivity contribution in [3.05, 3.63) is 72.1 Å². The Kier molecular flexibility index (Phi) is 8.06. The van der Waals surface area contributed by atoms with Gasteiger partial charge in [-0.1, -0.05) is 24.3 Å². The van der Waals surface area contributed by atoms with Crippen molar-refractivity contribution in [1.29, 1.82) is 0 Å². The van der Waals surface area contributed by atoms with E-state index in [9.17, 15) is 18.0 Å². The molecule has 1 fully saturated rings. The lowest BCUT2D eigenvalue weighted by molar-refractivity contribution is -0.128. The van der Waals surface area contributed by atoms with Gasteiger partial charge in [-0.3, -0.25) is 24.3 Å². The number of para-hydroxylation sites is 1. The topological polar surface area (TPSA) is 121 Å². The van der Waals surface area contributed by atoms with Gasteiger partial charge in [0.05, 0.1) is 23.9 Å². The first-order valence-corrected chi connectivity index (χ1v) is 13.6. The lowest BCUT2D eigenvalue weighted by Gasteiger charge is -2.35. The van der Waals surface area contributed by atoms with Crippen LogP contribution in [0.15, 0.2) is 76.4 Å². The number of aromatic nitrogens is 1. The molecule has 1 aliphatic heterocycles. The maximum Gasteiger partial charge on any atom is 0.272 e. The summed E-state index contributed by atoms with van der Waals surface area (Å²) < 4.78 is 34.3. The smallest absolute Gasteiger partial charge is 0.272 e. The fourth-order valence-electron chi connectivity index (χ4n) is 4.27. The summed E-state index contributed by atoms with van der Waals surface area (Å²) in [6.45, 7) is 4.96. The number of amides is 2. The van der Waals surface area contributed by atoms with Crippen molar-refractivity contribution in [2.24, 2.45) is 4.99 Å². The molecular weight excluding hydrogens is 506 g/mol. The number of anilines is 1. The SMILES string of the molecule is C/C=N\C(=C/C)C(=O)N1CCN(C(=O)c2ccc(NS(=O)(=O)c3cccc4cccnc34)cc2OC)CC1. The molecule has 0 atom stereocenters. The van der Waals surface area contributed by atoms with Gasteiger partial charge in [0.2, 0.25) is 0 Å². The summed E-state index contributed by atoms with van der Waals surface area (Å²) in [6.07, 6.45) is 4.78. The van der Waals surface area contributed by atoms with Gasteiger partial charge in [-0.25, -0.2) is 8.42 Å². The first-order valence-electron chi connectivity index (χ1n) is 12.1. The van der Waals surface area contributed by atoms with Gasteiger partial charge < -0.3 is 14.5 Å². The second-order valence-electron chi connectivity index (χ2n) is 8.50. The lowest BCUT2D eigenvalue weighted by atomic mass is 10.1. The third kappa shape index (κ3) is 5.52. The zero-order valence-corrected chi connectivity index (χ0v) is 22.2. The number of methoxy groups -OCH3 is 1. The number of hydrogen-bond acceptors (Lipinski definition) is 7. The molecule has 2 amide bonds. The molecule has 11 heteroatoms. The number of carbonyl (C=O) groups excluding carboxylic acids is 2. The molecule has 198 valence electrons. The highest BCUT2D eigenvalue weighted by atomic mass is 32.2. The summed E-state index contributed by atoms with van der Waals surface area (Å²) in [5.74, 6) is -0.203. The van der Waals surface area contributed by atoms with Crippen LogP contribution in [0.4, 0.5) is 5.69 Å². The highest BCUT2D eigenvalue weighted by Crippen LogP contribution is 2.28. The molecule has 0 spiro atoms. The van der Waals surface area contributed by atoms with Crippen LogP contribution < -0.4 is 9.46 Å². The van der Waals surface area contributed by atoms with Crippen LogP contribution in [0, 0.1) is 0 Å². The van der Waals surface area contributed by atoms with Gasteiger partial charge in [0.25, 0.3) is 21.8 Å². The number of nitrogens with zero attached hydrogens (tertiary/aromatic N) is 4. The number of sulfonamides is 1. The van der Waals surface area contributed by atoms with E-state index in [0.29, 0.717) is 48.3 Å². The standard InChI is InChI=1S/C27H29N5O5S/c1-4-22(28-5-2)27(34)32-16-14-31(15-17-32)26(33)21-12-11-20(18-23(21)37-3)30-38(35,36)24-10-6-8-19-9-7-13-29-25(19)24/h4-13,18,30H,14-17H2,1-3H3/b22-4-,28-5-. The van der Waals surface area contributed by atoms with E-state index in [-0.39, 0.29) is 28.1 Å². The highest BCUT2D eigenvalue weighted by Gasteiger charge is 2.28. The number of allylic oxidation sites excluding steroid dienone is 1. The largest absolute Gasteiger partial charge is 0.496 e. The van der Waals surface area contributed by atoms with Gasteiger partial charge in [-0.05, 0) is 38.1 Å². The van der Waals surface area contributed by atoms with E-state index in [1.165, 1.54) is 31.4 Å². The number of benzene rings is 2. The number of hydrogen-bond donors (Lipinski definition) is 1. The van der Waals surface area contributed by atoms with Crippen LogP contribution in [0.2, 0.25) is 0 Å². The Balaban J connectivity index is 1.49. The molecule has 2 aromatic carbocycles. The molecule has 1 aliphatic rings. The number of carbonyl (C=O) groups is 2. The highest BCUT2D eigenvalue weighted by molar-refractivity contribution is 7.93. The fraction of sp³-hybridized carbons (Fsp3) is 0.259. The van der Waals surface area contributed by atoms with Crippen molar-refractivity contribution in [1.82, 2.24) is 14.8 Å². The second kappa shape index (κ2) is 11.4. The number of rotatable bonds is 7. The molecule has 3 aromatic rings. The van der Waals surface area contributed by atoms with Crippen molar-refractivity contribution >= 4 is 44.6 Å². The molecule has 0 unspecified atom stereocenters. The molecule has 1 aromatic heterocycles. The number of fused-ring (bicyclic) bond motifs is 1. The van der Waals surface area contributed by atoms with Crippen molar-refractivity contribution in [2.45, 2.75) is 18.7 Å². The van der Waals surface area contributed by atoms with E-state index in [2.05, 4.69) is 14.7 Å². The monoisotopic (exact) mass is 535 g/mol. The molecule has 0 aliphatic carbocycles. The zero-order chi connectivity index (χ0) is 27.3. The third-order valence-electron chi connectivity index (χ3n) is 6.18. The van der Waals surface area contributed by atoms with E-state index < -0.39 is 10.0 Å². The second-order valence-corrected chi connectivity index (χ2v) is 10.1. The molecule has 0 saturated carbocycles. The Morgan fingerprint density at radius 3 is 2.42 bits per heavy atom. The minimum Gasteiger partial charge on any atom is -0.496 e. The van der Waals surface area contributed by atoms with E-state index in [4.69, 9.17) is 4.74 Å². The van der Waals surface area contributed by atoms with E-state index in [0.717, 1.165) is 0 Å². The van der Waals surface area contributed by atoms with Crippen LogP contribution in [0.25, 0.3) is 10.9 Å². The van der Waals surface area contributed by atoms with Gasteiger partial charge >= 0.3 is 0 Å². The Morgan fingerprint density at radius 1 is 1.03 bits per heavy atom. The van der Waals surface area contributed by atoms with Crippen LogP contribution in [0.5, 0.6) is 5.75 Å². The van der Waals surface area contributed by atoms with Crippen LogP contribution >= 0.6 is 0 Å². The predicted octanol–water partition coefficient (Wildman–Crippen LogP) is 3.32. The van der Waals surface area contributed by atoms with Crippen molar-refractivity contribution < 1.29 is 22.7 Å². The first kappa shape index (κ1) is 26.8. The number of aliphatic imine (C=N–C) groups is 1. The molecule has 1 N–H and O–H groups in total. The minimum atomic E-state index is -3.96. The number of piperazine rings is 1. The molecule has 1 saturated heterocycles. The molecule has 2 heterocycles. The van der Waals surface area contributed by atoms with Crippen LogP contribution in [-0.2, 0) is 14.8 Å². The average molecular weight is 536 g/mol. The molecule has 4 rings (SSSR count). The first-order chi connectivity index (χ1) is 18.3. The Labute approximate surface area is 221 Å². The summed E-state index contributed by atoms with van der Waals surface area (Å²) in [5.41, 5.74) is 1.28. The zero-order valence-electron chi connectivity index (χ0n) is 21.4. The normalized spacial score (nSPS) is 14.7. The maximum absolute atomic E-state index is 13.3. The summed E-state index contributed by atoms with van der Waals surface area (Å²) in [5, 5.41) is 0.704. The molecule has 0 radical (unpaired) electrons. The van der Waals surface area contributed by atoms with Gasteiger partial charge in [-0.15, -0.1) is 0 Å². The quantitative estimate of drug-likeness (QED) is 0.366.